The highest BCUT2D eigenvalue weighted by molar-refractivity contribution is 7.86. The molecule has 114 valence electrons. The van der Waals surface area contributed by atoms with Gasteiger partial charge in [0, 0.05) is 0 Å². The van der Waals surface area contributed by atoms with Crippen molar-refractivity contribution in [2.75, 3.05) is 5.75 Å². The van der Waals surface area contributed by atoms with Crippen molar-refractivity contribution >= 4 is 10.1 Å². The predicted molar refractivity (Wildman–Crippen MR) is 80.0 cm³/mol. The fourth-order valence-corrected chi connectivity index (χ4v) is 2.37. The van der Waals surface area contributed by atoms with Crippen molar-refractivity contribution in [1.29, 1.82) is 0 Å². The van der Waals surface area contributed by atoms with Gasteiger partial charge in [-0.05, 0) is 12.8 Å². The molecular formula is C14H29NO3S. The first-order valence-electron chi connectivity index (χ1n) is 7.38. The minimum Gasteiger partial charge on any atom is -0.198 e. The summed E-state index contributed by atoms with van der Waals surface area (Å²) in [5.41, 5.74) is 0. The molecule has 19 heavy (non-hydrogen) atoms. The van der Waals surface area contributed by atoms with Gasteiger partial charge in [0.2, 0.25) is 0 Å². The predicted octanol–water partition coefficient (Wildman–Crippen LogP) is 3.68. The third-order valence-corrected chi connectivity index (χ3v) is 3.98. The Hall–Kier alpha value is -0.390. The number of rotatable bonds is 13. The summed E-state index contributed by atoms with van der Waals surface area (Å²) < 4.78 is 25.6. The van der Waals surface area contributed by atoms with Gasteiger partial charge in [-0.2, -0.15) is 18.6 Å². The minimum absolute atomic E-state index is 0.138. The van der Waals surface area contributed by atoms with E-state index < -0.39 is 10.1 Å². The number of nitrogens with two attached hydrogens (primary N) is 1. The van der Waals surface area contributed by atoms with Crippen molar-refractivity contribution in [3.63, 3.8) is 0 Å². The molecule has 4 nitrogen and oxygen atoms in total. The average molecular weight is 291 g/mol. The van der Waals surface area contributed by atoms with Crippen LogP contribution >= 0.6 is 0 Å². The van der Waals surface area contributed by atoms with Gasteiger partial charge < -0.3 is 0 Å². The van der Waals surface area contributed by atoms with E-state index in [1.807, 2.05) is 6.08 Å². The van der Waals surface area contributed by atoms with Gasteiger partial charge in [-0.15, -0.1) is 0 Å². The number of hydrogen-bond acceptors (Lipinski definition) is 4. The van der Waals surface area contributed by atoms with Gasteiger partial charge in [-0.3, -0.25) is 0 Å². The lowest BCUT2D eigenvalue weighted by atomic mass is 10.1. The highest BCUT2D eigenvalue weighted by Gasteiger charge is 2.04. The summed E-state index contributed by atoms with van der Waals surface area (Å²) >= 11 is 0. The van der Waals surface area contributed by atoms with Crippen LogP contribution in [0.4, 0.5) is 0 Å². The van der Waals surface area contributed by atoms with Crippen molar-refractivity contribution in [3.05, 3.63) is 12.2 Å². The van der Waals surface area contributed by atoms with E-state index in [2.05, 4.69) is 17.1 Å². The molecule has 0 aliphatic carbocycles. The van der Waals surface area contributed by atoms with Crippen molar-refractivity contribution in [1.82, 2.24) is 0 Å². The Morgan fingerprint density at radius 2 is 1.42 bits per heavy atom. The van der Waals surface area contributed by atoms with Crippen molar-refractivity contribution < 1.29 is 12.7 Å². The monoisotopic (exact) mass is 291 g/mol. The van der Waals surface area contributed by atoms with Crippen LogP contribution in [0.15, 0.2) is 12.2 Å². The summed E-state index contributed by atoms with van der Waals surface area (Å²) in [6.45, 7) is 2.23. The molecule has 0 saturated heterocycles. The maximum atomic E-state index is 10.9. The van der Waals surface area contributed by atoms with E-state index in [1.54, 1.807) is 6.08 Å². The summed E-state index contributed by atoms with van der Waals surface area (Å²) in [6, 6.07) is 0. The SMILES string of the molecule is CCCCCCCCCCC/C=C\CS(=O)(=O)ON. The van der Waals surface area contributed by atoms with Gasteiger partial charge >= 0.3 is 0 Å². The van der Waals surface area contributed by atoms with E-state index in [1.165, 1.54) is 51.4 Å². The first kappa shape index (κ1) is 18.6. The molecule has 0 saturated carbocycles. The first-order chi connectivity index (χ1) is 9.12. The van der Waals surface area contributed by atoms with E-state index in [9.17, 15) is 8.42 Å². The summed E-state index contributed by atoms with van der Waals surface area (Å²) in [6.07, 6.45) is 16.1. The van der Waals surface area contributed by atoms with Crippen LogP contribution in [0.25, 0.3) is 0 Å². The molecule has 2 N–H and O–H groups in total. The topological polar surface area (TPSA) is 69.4 Å². The minimum atomic E-state index is -3.54. The lowest BCUT2D eigenvalue weighted by Crippen LogP contribution is -2.13. The van der Waals surface area contributed by atoms with E-state index in [0.717, 1.165) is 12.8 Å². The van der Waals surface area contributed by atoms with Gasteiger partial charge in [-0.25, -0.2) is 0 Å². The number of allylic oxidation sites excluding steroid dienone is 1. The van der Waals surface area contributed by atoms with E-state index in [-0.39, 0.29) is 5.75 Å². The molecule has 0 heterocycles. The van der Waals surface area contributed by atoms with Crippen molar-refractivity contribution in [3.8, 4) is 0 Å². The molecule has 5 heteroatoms. The summed E-state index contributed by atoms with van der Waals surface area (Å²) in [5, 5.41) is 0. The van der Waals surface area contributed by atoms with Crippen LogP contribution in [-0.2, 0) is 14.4 Å². The van der Waals surface area contributed by atoms with Crippen LogP contribution < -0.4 is 5.90 Å². The average Bonchev–Trinajstić information content (AvgIpc) is 2.40. The second kappa shape index (κ2) is 12.6. The quantitative estimate of drug-likeness (QED) is 0.319. The molecule has 0 rings (SSSR count). The molecule has 0 spiro atoms. The Bertz CT molecular complexity index is 313. The standard InChI is InChI=1S/C14H29NO3S/c1-2-3-4-5-6-7-8-9-10-11-12-13-14-19(16,17)18-15/h12-13H,2-11,14-15H2,1H3/b13-12-. The van der Waals surface area contributed by atoms with Crippen LogP contribution in [0.5, 0.6) is 0 Å². The van der Waals surface area contributed by atoms with Gasteiger partial charge in [0.05, 0.1) is 5.75 Å². The third kappa shape index (κ3) is 13.8. The first-order valence-corrected chi connectivity index (χ1v) is 8.96. The Balaban J connectivity index is 3.25. The molecule has 0 aromatic carbocycles. The summed E-state index contributed by atoms with van der Waals surface area (Å²) in [5.74, 6) is 4.49. The largest absolute Gasteiger partial charge is 0.286 e. The zero-order valence-corrected chi connectivity index (χ0v) is 13.0. The smallest absolute Gasteiger partial charge is 0.198 e. The Kier molecular flexibility index (Phi) is 12.4. The van der Waals surface area contributed by atoms with Gasteiger partial charge in [-0.1, -0.05) is 70.4 Å². The second-order valence-electron chi connectivity index (χ2n) is 4.91. The maximum absolute atomic E-state index is 10.9. The Morgan fingerprint density at radius 1 is 0.895 bits per heavy atom. The Morgan fingerprint density at radius 3 is 1.95 bits per heavy atom. The lowest BCUT2D eigenvalue weighted by Gasteiger charge is -2.00. The molecule has 0 unspecified atom stereocenters. The normalized spacial score (nSPS) is 12.3. The van der Waals surface area contributed by atoms with Crippen LogP contribution in [0.2, 0.25) is 0 Å². The van der Waals surface area contributed by atoms with Gasteiger partial charge in [0.15, 0.2) is 0 Å². The van der Waals surface area contributed by atoms with E-state index >= 15 is 0 Å². The van der Waals surface area contributed by atoms with Crippen LogP contribution in [0.3, 0.4) is 0 Å². The van der Waals surface area contributed by atoms with Gasteiger partial charge in [0.1, 0.15) is 0 Å². The fourth-order valence-electron chi connectivity index (χ4n) is 1.92. The van der Waals surface area contributed by atoms with Crippen LogP contribution in [0, 0.1) is 0 Å². The Labute approximate surface area is 118 Å². The zero-order valence-electron chi connectivity index (χ0n) is 12.1. The highest BCUT2D eigenvalue weighted by atomic mass is 32.2. The number of hydrogen-bond donors (Lipinski definition) is 1. The zero-order chi connectivity index (χ0) is 14.4. The van der Waals surface area contributed by atoms with E-state index in [4.69, 9.17) is 0 Å². The van der Waals surface area contributed by atoms with Crippen LogP contribution in [0.1, 0.15) is 71.1 Å². The van der Waals surface area contributed by atoms with Crippen molar-refractivity contribution in [2.24, 2.45) is 5.90 Å². The lowest BCUT2D eigenvalue weighted by molar-refractivity contribution is 0.335. The van der Waals surface area contributed by atoms with E-state index in [0.29, 0.717) is 0 Å². The molecule has 0 radical (unpaired) electrons. The molecule has 0 bridgehead atoms. The van der Waals surface area contributed by atoms with Gasteiger partial charge in [0.25, 0.3) is 10.1 Å². The molecule has 0 aromatic rings. The summed E-state index contributed by atoms with van der Waals surface area (Å²) in [4.78, 5) is 0. The molecule has 0 amide bonds. The molecule has 0 aliphatic heterocycles. The highest BCUT2D eigenvalue weighted by Crippen LogP contribution is 2.10. The fraction of sp³-hybridized carbons (Fsp3) is 0.857. The number of unbranched alkanes of at least 4 members (excludes halogenated alkanes) is 9. The molecule has 0 atom stereocenters. The van der Waals surface area contributed by atoms with Crippen LogP contribution in [-0.4, -0.2) is 14.2 Å². The second-order valence-corrected chi connectivity index (χ2v) is 6.55. The maximum Gasteiger partial charge on any atom is 0.286 e. The molecular weight excluding hydrogens is 262 g/mol. The van der Waals surface area contributed by atoms with Crippen molar-refractivity contribution in [2.45, 2.75) is 71.1 Å². The molecule has 0 aromatic heterocycles. The third-order valence-electron chi connectivity index (χ3n) is 3.09. The molecule has 0 fully saturated rings. The molecule has 0 aliphatic rings. The summed E-state index contributed by atoms with van der Waals surface area (Å²) in [7, 11) is -3.54.